The highest BCUT2D eigenvalue weighted by atomic mass is 19.1. The molecule has 1 aliphatic rings. The molecular weight excluding hydrogens is 303 g/mol. The van der Waals surface area contributed by atoms with Crippen LogP contribution in [0.2, 0.25) is 0 Å². The second-order valence-electron chi connectivity index (χ2n) is 6.20. The number of hydrogen-bond donors (Lipinski definition) is 0. The number of nitrogens with zero attached hydrogens (tertiary/aromatic N) is 4. The van der Waals surface area contributed by atoms with Crippen LogP contribution in [0.3, 0.4) is 0 Å². The largest absolute Gasteiger partial charge is 0.326 e. The molecule has 0 amide bonds. The van der Waals surface area contributed by atoms with Gasteiger partial charge in [0.05, 0.1) is 24.1 Å². The van der Waals surface area contributed by atoms with Crippen molar-refractivity contribution in [3.63, 3.8) is 0 Å². The molecule has 3 aromatic rings. The lowest BCUT2D eigenvalue weighted by molar-refractivity contribution is 0.207. The van der Waals surface area contributed by atoms with Gasteiger partial charge >= 0.3 is 0 Å². The van der Waals surface area contributed by atoms with Crippen molar-refractivity contribution in [2.45, 2.75) is 26.6 Å². The van der Waals surface area contributed by atoms with Gasteiger partial charge in [-0.3, -0.25) is 9.88 Å². The number of hydrogen-bond acceptors (Lipinski definition) is 3. The number of imidazole rings is 1. The highest BCUT2D eigenvalue weighted by molar-refractivity contribution is 5.59. The molecule has 0 spiro atoms. The van der Waals surface area contributed by atoms with Crippen LogP contribution >= 0.6 is 0 Å². The van der Waals surface area contributed by atoms with Crippen molar-refractivity contribution in [1.29, 1.82) is 0 Å². The minimum absolute atomic E-state index is 0.217. The van der Waals surface area contributed by atoms with E-state index in [0.717, 1.165) is 54.6 Å². The zero-order chi connectivity index (χ0) is 16.5. The Kier molecular flexibility index (Phi) is 3.86. The molecule has 4 rings (SSSR count). The Morgan fingerprint density at radius 1 is 1.12 bits per heavy atom. The number of benzene rings is 1. The third-order valence-electron chi connectivity index (χ3n) is 4.40. The Morgan fingerprint density at radius 2 is 2.00 bits per heavy atom. The summed E-state index contributed by atoms with van der Waals surface area (Å²) >= 11 is 0. The number of aromatic nitrogens is 3. The number of aryl methyl sites for hydroxylation is 1. The van der Waals surface area contributed by atoms with Crippen LogP contribution in [0, 0.1) is 12.7 Å². The fourth-order valence-corrected chi connectivity index (χ4v) is 3.24. The average Bonchev–Trinajstić information content (AvgIpc) is 2.98. The molecular formula is C19H19FN4. The van der Waals surface area contributed by atoms with E-state index in [4.69, 9.17) is 0 Å². The van der Waals surface area contributed by atoms with Crippen molar-refractivity contribution >= 4 is 0 Å². The standard InChI is InChI=1S/C19H19FN4/c1-14-4-2-7-17(22-14)12-23-8-9-24-18(11-21-19(24)13-23)15-5-3-6-16(20)10-15/h2-7,10-11H,8-9,12-13H2,1H3. The van der Waals surface area contributed by atoms with Crippen molar-refractivity contribution in [3.05, 3.63) is 71.7 Å². The number of rotatable bonds is 3. The first-order chi connectivity index (χ1) is 11.7. The summed E-state index contributed by atoms with van der Waals surface area (Å²) in [7, 11) is 0. The normalized spacial score (nSPS) is 14.6. The van der Waals surface area contributed by atoms with Gasteiger partial charge in [-0.15, -0.1) is 0 Å². The highest BCUT2D eigenvalue weighted by Crippen LogP contribution is 2.25. The van der Waals surface area contributed by atoms with Crippen LogP contribution in [-0.2, 0) is 19.6 Å². The van der Waals surface area contributed by atoms with Crippen molar-refractivity contribution in [3.8, 4) is 11.3 Å². The molecule has 0 unspecified atom stereocenters. The molecule has 122 valence electrons. The maximum absolute atomic E-state index is 13.5. The summed E-state index contributed by atoms with van der Waals surface area (Å²) in [5.74, 6) is 0.805. The molecule has 2 aromatic heterocycles. The van der Waals surface area contributed by atoms with E-state index < -0.39 is 0 Å². The topological polar surface area (TPSA) is 34.0 Å². The van der Waals surface area contributed by atoms with E-state index in [1.807, 2.05) is 31.3 Å². The average molecular weight is 322 g/mol. The lowest BCUT2D eigenvalue weighted by Crippen LogP contribution is -2.33. The van der Waals surface area contributed by atoms with Crippen molar-refractivity contribution < 1.29 is 4.39 Å². The van der Waals surface area contributed by atoms with E-state index >= 15 is 0 Å². The Labute approximate surface area is 140 Å². The van der Waals surface area contributed by atoms with Crippen LogP contribution in [-0.4, -0.2) is 26.0 Å². The van der Waals surface area contributed by atoms with Gasteiger partial charge in [0.25, 0.3) is 0 Å². The lowest BCUT2D eigenvalue weighted by atomic mass is 10.1. The molecule has 1 aliphatic heterocycles. The first kappa shape index (κ1) is 15.0. The predicted molar refractivity (Wildman–Crippen MR) is 90.7 cm³/mol. The van der Waals surface area contributed by atoms with Gasteiger partial charge in [0.2, 0.25) is 0 Å². The summed E-state index contributed by atoms with van der Waals surface area (Å²) in [6.45, 7) is 5.40. The van der Waals surface area contributed by atoms with Gasteiger partial charge in [-0.2, -0.15) is 0 Å². The summed E-state index contributed by atoms with van der Waals surface area (Å²) in [5.41, 5.74) is 3.99. The smallest absolute Gasteiger partial charge is 0.123 e. The SMILES string of the molecule is Cc1cccc(CN2CCn3c(-c4cccc(F)c4)cnc3C2)n1. The fourth-order valence-electron chi connectivity index (χ4n) is 3.24. The van der Waals surface area contributed by atoms with Crippen LogP contribution in [0.1, 0.15) is 17.2 Å². The Bertz CT molecular complexity index is 871. The zero-order valence-corrected chi connectivity index (χ0v) is 13.6. The zero-order valence-electron chi connectivity index (χ0n) is 13.6. The van der Waals surface area contributed by atoms with Gasteiger partial charge in [0, 0.05) is 30.9 Å². The van der Waals surface area contributed by atoms with E-state index in [-0.39, 0.29) is 5.82 Å². The van der Waals surface area contributed by atoms with Gasteiger partial charge < -0.3 is 4.57 Å². The van der Waals surface area contributed by atoms with E-state index in [9.17, 15) is 4.39 Å². The maximum atomic E-state index is 13.5. The van der Waals surface area contributed by atoms with E-state index in [1.54, 1.807) is 12.1 Å². The van der Waals surface area contributed by atoms with E-state index in [0.29, 0.717) is 0 Å². The highest BCUT2D eigenvalue weighted by Gasteiger charge is 2.21. The Hall–Kier alpha value is -2.53. The third kappa shape index (κ3) is 2.95. The van der Waals surface area contributed by atoms with Crippen LogP contribution in [0.15, 0.2) is 48.7 Å². The summed E-state index contributed by atoms with van der Waals surface area (Å²) in [5, 5.41) is 0. The molecule has 4 nitrogen and oxygen atoms in total. The summed E-state index contributed by atoms with van der Waals surface area (Å²) in [4.78, 5) is 11.5. The molecule has 5 heteroatoms. The van der Waals surface area contributed by atoms with Crippen molar-refractivity contribution in [1.82, 2.24) is 19.4 Å². The molecule has 0 atom stereocenters. The van der Waals surface area contributed by atoms with Gasteiger partial charge in [0.15, 0.2) is 0 Å². The van der Waals surface area contributed by atoms with Crippen molar-refractivity contribution in [2.75, 3.05) is 6.54 Å². The number of fused-ring (bicyclic) bond motifs is 1. The fraction of sp³-hybridized carbons (Fsp3) is 0.263. The second-order valence-corrected chi connectivity index (χ2v) is 6.20. The van der Waals surface area contributed by atoms with Crippen LogP contribution < -0.4 is 0 Å². The van der Waals surface area contributed by atoms with Gasteiger partial charge in [-0.25, -0.2) is 9.37 Å². The molecule has 0 bridgehead atoms. The van der Waals surface area contributed by atoms with Crippen LogP contribution in [0.4, 0.5) is 4.39 Å². The summed E-state index contributed by atoms with van der Waals surface area (Å²) < 4.78 is 15.7. The molecule has 0 N–H and O–H groups in total. The molecule has 24 heavy (non-hydrogen) atoms. The molecule has 0 saturated heterocycles. The Balaban J connectivity index is 1.54. The van der Waals surface area contributed by atoms with Gasteiger partial charge in [0.1, 0.15) is 11.6 Å². The maximum Gasteiger partial charge on any atom is 0.123 e. The molecule has 0 radical (unpaired) electrons. The predicted octanol–water partition coefficient (Wildman–Crippen LogP) is 3.41. The van der Waals surface area contributed by atoms with E-state index in [2.05, 4.69) is 25.5 Å². The minimum atomic E-state index is -0.217. The third-order valence-corrected chi connectivity index (χ3v) is 4.40. The van der Waals surface area contributed by atoms with Crippen LogP contribution in [0.25, 0.3) is 11.3 Å². The molecule has 0 fully saturated rings. The lowest BCUT2D eigenvalue weighted by Gasteiger charge is -2.28. The first-order valence-corrected chi connectivity index (χ1v) is 8.14. The molecule has 0 aliphatic carbocycles. The Morgan fingerprint density at radius 3 is 2.83 bits per heavy atom. The molecule has 3 heterocycles. The van der Waals surface area contributed by atoms with E-state index in [1.165, 1.54) is 6.07 Å². The number of pyridine rings is 1. The second kappa shape index (κ2) is 6.17. The van der Waals surface area contributed by atoms with Crippen molar-refractivity contribution in [2.24, 2.45) is 0 Å². The quantitative estimate of drug-likeness (QED) is 0.741. The van der Waals surface area contributed by atoms with Gasteiger partial charge in [-0.05, 0) is 31.2 Å². The van der Waals surface area contributed by atoms with Gasteiger partial charge in [-0.1, -0.05) is 18.2 Å². The molecule has 1 aromatic carbocycles. The summed E-state index contributed by atoms with van der Waals surface area (Å²) in [6.07, 6.45) is 1.85. The number of halogens is 1. The monoisotopic (exact) mass is 322 g/mol. The first-order valence-electron chi connectivity index (χ1n) is 8.14. The summed E-state index contributed by atoms with van der Waals surface area (Å²) in [6, 6.07) is 12.8. The molecule has 0 saturated carbocycles. The van der Waals surface area contributed by atoms with Crippen LogP contribution in [0.5, 0.6) is 0 Å². The minimum Gasteiger partial charge on any atom is -0.326 e.